The van der Waals surface area contributed by atoms with Crippen LogP contribution in [0.25, 0.3) is 16.6 Å². The molecule has 0 fully saturated rings. The molecule has 0 spiro atoms. The van der Waals surface area contributed by atoms with E-state index in [0.29, 0.717) is 57.5 Å². The Balaban J connectivity index is 2.16. The smallest absolute Gasteiger partial charge is 0.133 e. The zero-order valence-electron chi connectivity index (χ0n) is 18.2. The molecule has 168 valence electrons. The highest BCUT2D eigenvalue weighted by Crippen LogP contribution is 2.35. The Morgan fingerprint density at radius 1 is 1.22 bits per heavy atom. The Morgan fingerprint density at radius 2 is 1.94 bits per heavy atom. The minimum absolute atomic E-state index is 0.0403. The Kier molecular flexibility index (Phi) is 7.86. The lowest BCUT2D eigenvalue weighted by Crippen LogP contribution is -2.20. The summed E-state index contributed by atoms with van der Waals surface area (Å²) in [6.45, 7) is 0.561. The van der Waals surface area contributed by atoms with E-state index >= 15 is 0 Å². The van der Waals surface area contributed by atoms with Gasteiger partial charge in [0.2, 0.25) is 0 Å². The first-order chi connectivity index (χ1) is 15.6. The zero-order valence-corrected chi connectivity index (χ0v) is 19.0. The molecule has 0 aliphatic rings. The number of hydrogen-bond donors (Lipinski definition) is 2. The molecule has 32 heavy (non-hydrogen) atoms. The lowest BCUT2D eigenvalue weighted by molar-refractivity contribution is 0.290. The molecule has 0 radical (unpaired) electrons. The number of rotatable bonds is 9. The van der Waals surface area contributed by atoms with E-state index in [4.69, 9.17) is 31.8 Å². The molecule has 2 aromatic heterocycles. The van der Waals surface area contributed by atoms with Crippen molar-refractivity contribution in [3.05, 3.63) is 53.3 Å². The van der Waals surface area contributed by atoms with Crippen LogP contribution in [0, 0.1) is 0 Å². The molecule has 0 unspecified atom stereocenters. The minimum atomic E-state index is 0.0403. The van der Waals surface area contributed by atoms with Crippen LogP contribution in [-0.2, 0) is 0 Å². The summed E-state index contributed by atoms with van der Waals surface area (Å²) in [6.07, 6.45) is 5.25. The highest BCUT2D eigenvalue weighted by molar-refractivity contribution is 6.37. The molecule has 0 atom stereocenters. The van der Waals surface area contributed by atoms with Crippen molar-refractivity contribution in [3.63, 3.8) is 0 Å². The van der Waals surface area contributed by atoms with Crippen molar-refractivity contribution in [1.29, 1.82) is 0 Å². The van der Waals surface area contributed by atoms with Gasteiger partial charge in [-0.3, -0.25) is 9.98 Å². The number of methoxy groups -OCH3 is 2. The van der Waals surface area contributed by atoms with Crippen LogP contribution >= 0.6 is 11.6 Å². The summed E-state index contributed by atoms with van der Waals surface area (Å²) in [4.78, 5) is 15.3. The number of halogens is 1. The second kappa shape index (κ2) is 10.8. The number of nitrogens with zero attached hydrogens (tertiary/aromatic N) is 4. The van der Waals surface area contributed by atoms with E-state index < -0.39 is 0 Å². The second-order valence-electron chi connectivity index (χ2n) is 6.83. The molecule has 9 heteroatoms. The molecule has 0 saturated carbocycles. The monoisotopic (exact) mass is 455 g/mol. The van der Waals surface area contributed by atoms with Gasteiger partial charge in [0.05, 0.1) is 24.8 Å². The fourth-order valence-electron chi connectivity index (χ4n) is 3.27. The van der Waals surface area contributed by atoms with Gasteiger partial charge in [-0.2, -0.15) is 0 Å². The third kappa shape index (κ3) is 4.92. The Labute approximate surface area is 192 Å². The van der Waals surface area contributed by atoms with Crippen molar-refractivity contribution >= 4 is 45.9 Å². The number of allylic oxidation sites excluding steroid dienone is 1. The van der Waals surface area contributed by atoms with Crippen molar-refractivity contribution in [1.82, 2.24) is 9.97 Å². The molecule has 8 nitrogen and oxygen atoms in total. The van der Waals surface area contributed by atoms with Gasteiger partial charge in [-0.1, -0.05) is 11.6 Å². The predicted octanol–water partition coefficient (Wildman–Crippen LogP) is 3.82. The van der Waals surface area contributed by atoms with Crippen molar-refractivity contribution in [2.24, 2.45) is 10.7 Å². The molecule has 3 aromatic rings. The van der Waals surface area contributed by atoms with Crippen LogP contribution in [0.1, 0.15) is 12.0 Å². The third-order valence-electron chi connectivity index (χ3n) is 4.86. The normalized spacial score (nSPS) is 11.8. The maximum Gasteiger partial charge on any atom is 0.133 e. The molecule has 0 aliphatic carbocycles. The minimum Gasteiger partial charge on any atom is -0.497 e. The number of aliphatic hydroxyl groups excluding tert-OH is 1. The molecule has 1 aromatic carbocycles. The SMILES string of the molecule is CN=C/C(=C\N)c1cnc2ccc(N(CCCO)c3cc(OC)cc(OC)c3)nc2c1Cl. The number of anilines is 2. The average molecular weight is 456 g/mol. The van der Waals surface area contributed by atoms with Crippen molar-refractivity contribution in [3.8, 4) is 11.5 Å². The second-order valence-corrected chi connectivity index (χ2v) is 7.21. The van der Waals surface area contributed by atoms with Gasteiger partial charge in [0.15, 0.2) is 0 Å². The number of ether oxygens (including phenoxy) is 2. The standard InChI is InChI=1S/C23H26ClN5O3/c1-26-13-15(12-25)19-14-27-20-5-6-21(28-23(20)22(19)24)29(7-4-8-30)16-9-17(31-2)11-18(10-16)32-3/h5-6,9-14,30H,4,7-8,25H2,1-3H3/b15-12+,26-13?. The molecule has 0 amide bonds. The Hall–Kier alpha value is -3.36. The van der Waals surface area contributed by atoms with E-state index in [-0.39, 0.29) is 6.61 Å². The van der Waals surface area contributed by atoms with E-state index in [0.717, 1.165) is 5.69 Å². The van der Waals surface area contributed by atoms with Crippen molar-refractivity contribution in [2.45, 2.75) is 6.42 Å². The Morgan fingerprint density at radius 3 is 2.53 bits per heavy atom. The van der Waals surface area contributed by atoms with Gasteiger partial charge in [0.1, 0.15) is 22.8 Å². The first-order valence-electron chi connectivity index (χ1n) is 9.97. The fourth-order valence-corrected chi connectivity index (χ4v) is 3.57. The number of fused-ring (bicyclic) bond motifs is 1. The summed E-state index contributed by atoms with van der Waals surface area (Å²) >= 11 is 6.71. The lowest BCUT2D eigenvalue weighted by Gasteiger charge is -2.25. The summed E-state index contributed by atoms with van der Waals surface area (Å²) < 4.78 is 10.8. The summed E-state index contributed by atoms with van der Waals surface area (Å²) in [7, 11) is 4.85. The number of hydrogen-bond acceptors (Lipinski definition) is 8. The van der Waals surface area contributed by atoms with E-state index in [1.165, 1.54) is 6.20 Å². The summed E-state index contributed by atoms with van der Waals surface area (Å²) in [5, 5.41) is 9.87. The largest absolute Gasteiger partial charge is 0.497 e. The van der Waals surface area contributed by atoms with Crippen LogP contribution < -0.4 is 20.1 Å². The molecule has 0 aliphatic heterocycles. The van der Waals surface area contributed by atoms with Gasteiger partial charge in [0.25, 0.3) is 0 Å². The summed E-state index contributed by atoms with van der Waals surface area (Å²) in [5.74, 6) is 1.94. The fraction of sp³-hybridized carbons (Fsp3) is 0.261. The molecule has 0 saturated heterocycles. The molecule has 2 heterocycles. The van der Waals surface area contributed by atoms with Crippen LogP contribution in [0.3, 0.4) is 0 Å². The number of benzene rings is 1. The van der Waals surface area contributed by atoms with Crippen LogP contribution in [-0.4, -0.2) is 55.7 Å². The maximum absolute atomic E-state index is 9.44. The number of aromatic nitrogens is 2. The summed E-state index contributed by atoms with van der Waals surface area (Å²) in [6, 6.07) is 9.28. The zero-order chi connectivity index (χ0) is 23.1. The number of aliphatic imine (C=N–C) groups is 1. The van der Waals surface area contributed by atoms with Crippen LogP contribution in [0.15, 0.2) is 47.7 Å². The van der Waals surface area contributed by atoms with E-state index in [9.17, 15) is 5.11 Å². The van der Waals surface area contributed by atoms with Crippen LogP contribution in [0.2, 0.25) is 5.02 Å². The van der Waals surface area contributed by atoms with Gasteiger partial charge in [-0.15, -0.1) is 0 Å². The molecule has 3 N–H and O–H groups in total. The topological polar surface area (TPSA) is 106 Å². The van der Waals surface area contributed by atoms with E-state index in [2.05, 4.69) is 9.98 Å². The first kappa shape index (κ1) is 23.3. The van der Waals surface area contributed by atoms with Gasteiger partial charge in [-0.25, -0.2) is 4.98 Å². The molecule has 0 bridgehead atoms. The van der Waals surface area contributed by atoms with Crippen LogP contribution in [0.4, 0.5) is 11.5 Å². The quantitative estimate of drug-likeness (QED) is 0.472. The molecule has 3 rings (SSSR count). The average Bonchev–Trinajstić information content (AvgIpc) is 2.83. The van der Waals surface area contributed by atoms with E-state index in [1.54, 1.807) is 39.7 Å². The van der Waals surface area contributed by atoms with Gasteiger partial charge in [0, 0.05) is 73.8 Å². The Bertz CT molecular complexity index is 1130. The number of pyridine rings is 2. The number of nitrogens with two attached hydrogens (primary N) is 1. The highest BCUT2D eigenvalue weighted by Gasteiger charge is 2.17. The highest BCUT2D eigenvalue weighted by atomic mass is 35.5. The third-order valence-corrected chi connectivity index (χ3v) is 5.24. The molecular formula is C23H26ClN5O3. The first-order valence-corrected chi connectivity index (χ1v) is 10.3. The van der Waals surface area contributed by atoms with E-state index in [1.807, 2.05) is 29.2 Å². The van der Waals surface area contributed by atoms with Gasteiger partial charge in [-0.05, 0) is 18.6 Å². The van der Waals surface area contributed by atoms with Gasteiger partial charge < -0.3 is 25.2 Å². The van der Waals surface area contributed by atoms with Crippen LogP contribution in [0.5, 0.6) is 11.5 Å². The number of aliphatic hydroxyl groups is 1. The maximum atomic E-state index is 9.44. The molecular weight excluding hydrogens is 430 g/mol. The van der Waals surface area contributed by atoms with Gasteiger partial charge >= 0.3 is 0 Å². The van der Waals surface area contributed by atoms with Crippen molar-refractivity contribution in [2.75, 3.05) is 39.3 Å². The summed E-state index contributed by atoms with van der Waals surface area (Å²) in [5.41, 5.74) is 9.03. The predicted molar refractivity (Wildman–Crippen MR) is 129 cm³/mol. The van der Waals surface area contributed by atoms with Crippen molar-refractivity contribution < 1.29 is 14.6 Å². The lowest BCUT2D eigenvalue weighted by atomic mass is 10.1.